The molecule has 2 atom stereocenters. The van der Waals surface area contributed by atoms with E-state index in [4.69, 9.17) is 25.8 Å². The molecule has 10 heteroatoms. The normalized spacial score (nSPS) is 20.9. The van der Waals surface area contributed by atoms with Gasteiger partial charge in [0.1, 0.15) is 13.2 Å². The van der Waals surface area contributed by atoms with Gasteiger partial charge in [0.25, 0.3) is 5.91 Å². The summed E-state index contributed by atoms with van der Waals surface area (Å²) in [5.74, 6) is 0.874. The molecule has 0 radical (unpaired) electrons. The first-order valence-corrected chi connectivity index (χ1v) is 12.7. The second-order valence-corrected chi connectivity index (χ2v) is 10.6. The van der Waals surface area contributed by atoms with Crippen LogP contribution in [-0.2, 0) is 21.2 Å². The standard InChI is InChI=1S/C23H27ClN2O6S/c1-15-13-26(14-16(2)32-15)33(28,29)19-5-3-18(4-6-19)23(27)25-8-7-17-11-20(24)22-21(12-17)30-9-10-31-22/h3-6,11-12,15-16H,7-10,13-14H2,1-2H3,(H,25,27)/t15-,16-/m0/s1. The quantitative estimate of drug-likeness (QED) is 0.663. The summed E-state index contributed by atoms with van der Waals surface area (Å²) in [5, 5.41) is 3.33. The Morgan fingerprint density at radius 3 is 2.45 bits per heavy atom. The molecule has 0 unspecified atom stereocenters. The monoisotopic (exact) mass is 494 g/mol. The number of carbonyl (C=O) groups is 1. The SMILES string of the molecule is C[C@H]1CN(S(=O)(=O)c2ccc(C(=O)NCCc3cc(Cl)c4c(c3)OCCO4)cc2)C[C@H](C)O1. The number of sulfonamides is 1. The van der Waals surface area contributed by atoms with E-state index in [2.05, 4.69) is 5.32 Å². The summed E-state index contributed by atoms with van der Waals surface area (Å²) >= 11 is 6.26. The van der Waals surface area contributed by atoms with E-state index in [1.54, 1.807) is 6.07 Å². The van der Waals surface area contributed by atoms with E-state index in [1.807, 2.05) is 19.9 Å². The fraction of sp³-hybridized carbons (Fsp3) is 0.435. The van der Waals surface area contributed by atoms with Crippen LogP contribution in [0.25, 0.3) is 0 Å². The highest BCUT2D eigenvalue weighted by atomic mass is 35.5. The van der Waals surface area contributed by atoms with E-state index < -0.39 is 10.0 Å². The third kappa shape index (κ3) is 5.43. The van der Waals surface area contributed by atoms with Crippen molar-refractivity contribution < 1.29 is 27.4 Å². The minimum Gasteiger partial charge on any atom is -0.486 e. The highest BCUT2D eigenvalue weighted by Crippen LogP contribution is 2.38. The summed E-state index contributed by atoms with van der Waals surface area (Å²) in [4.78, 5) is 12.7. The molecule has 2 aromatic carbocycles. The Bertz CT molecular complexity index is 1110. The second-order valence-electron chi connectivity index (χ2n) is 8.21. The van der Waals surface area contributed by atoms with Crippen molar-refractivity contribution in [3.63, 3.8) is 0 Å². The van der Waals surface area contributed by atoms with Gasteiger partial charge in [-0.2, -0.15) is 4.31 Å². The predicted molar refractivity (Wildman–Crippen MR) is 124 cm³/mol. The zero-order valence-corrected chi connectivity index (χ0v) is 20.1. The highest BCUT2D eigenvalue weighted by Gasteiger charge is 2.32. The Morgan fingerprint density at radius 2 is 1.76 bits per heavy atom. The minimum absolute atomic E-state index is 0.159. The average Bonchev–Trinajstić information content (AvgIpc) is 2.78. The van der Waals surface area contributed by atoms with Crippen LogP contribution in [0.4, 0.5) is 0 Å². The lowest BCUT2D eigenvalue weighted by atomic mass is 10.1. The Labute approximate surface area is 198 Å². The van der Waals surface area contributed by atoms with Crippen LogP contribution in [0, 0.1) is 0 Å². The number of nitrogens with zero attached hydrogens (tertiary/aromatic N) is 1. The topological polar surface area (TPSA) is 94.2 Å². The summed E-state index contributed by atoms with van der Waals surface area (Å²) < 4.78 is 44.1. The zero-order valence-electron chi connectivity index (χ0n) is 18.5. The van der Waals surface area contributed by atoms with Gasteiger partial charge in [0.05, 0.1) is 22.1 Å². The molecule has 2 heterocycles. The van der Waals surface area contributed by atoms with Gasteiger partial charge in [-0.25, -0.2) is 8.42 Å². The third-order valence-electron chi connectivity index (χ3n) is 5.50. The molecular formula is C23H27ClN2O6S. The first-order valence-electron chi connectivity index (χ1n) is 10.9. The van der Waals surface area contributed by atoms with Gasteiger partial charge in [0, 0.05) is 25.2 Å². The smallest absolute Gasteiger partial charge is 0.251 e. The van der Waals surface area contributed by atoms with Gasteiger partial charge < -0.3 is 19.5 Å². The molecule has 4 rings (SSSR count). The van der Waals surface area contributed by atoms with Gasteiger partial charge in [-0.3, -0.25) is 4.79 Å². The number of halogens is 1. The molecule has 0 spiro atoms. The van der Waals surface area contributed by atoms with Crippen molar-refractivity contribution in [2.24, 2.45) is 0 Å². The lowest BCUT2D eigenvalue weighted by molar-refractivity contribution is -0.0440. The zero-order chi connectivity index (χ0) is 23.6. The van der Waals surface area contributed by atoms with Crippen LogP contribution in [0.15, 0.2) is 41.3 Å². The van der Waals surface area contributed by atoms with Crippen molar-refractivity contribution in [1.82, 2.24) is 9.62 Å². The fourth-order valence-electron chi connectivity index (χ4n) is 3.99. The fourth-order valence-corrected chi connectivity index (χ4v) is 5.86. The van der Waals surface area contributed by atoms with Crippen LogP contribution in [0.5, 0.6) is 11.5 Å². The minimum atomic E-state index is -3.65. The van der Waals surface area contributed by atoms with Crippen LogP contribution in [0.2, 0.25) is 5.02 Å². The number of carbonyl (C=O) groups excluding carboxylic acids is 1. The van der Waals surface area contributed by atoms with Crippen molar-refractivity contribution in [3.05, 3.63) is 52.5 Å². The van der Waals surface area contributed by atoms with Gasteiger partial charge in [0.15, 0.2) is 11.5 Å². The predicted octanol–water partition coefficient (Wildman–Crippen LogP) is 2.88. The summed E-state index contributed by atoms with van der Waals surface area (Å²) in [6, 6.07) is 9.64. The summed E-state index contributed by atoms with van der Waals surface area (Å²) in [5.41, 5.74) is 1.30. The van der Waals surface area contributed by atoms with E-state index in [9.17, 15) is 13.2 Å². The number of nitrogens with one attached hydrogen (secondary N) is 1. The van der Waals surface area contributed by atoms with Crippen molar-refractivity contribution >= 4 is 27.5 Å². The van der Waals surface area contributed by atoms with E-state index >= 15 is 0 Å². The Hall–Kier alpha value is -2.33. The van der Waals surface area contributed by atoms with Crippen LogP contribution in [0.1, 0.15) is 29.8 Å². The number of hydrogen-bond donors (Lipinski definition) is 1. The first kappa shape index (κ1) is 23.8. The molecule has 33 heavy (non-hydrogen) atoms. The van der Waals surface area contributed by atoms with Crippen LogP contribution in [0.3, 0.4) is 0 Å². The van der Waals surface area contributed by atoms with E-state index in [-0.39, 0.29) is 23.0 Å². The number of rotatable bonds is 6. The summed E-state index contributed by atoms with van der Waals surface area (Å²) in [7, 11) is -3.65. The summed E-state index contributed by atoms with van der Waals surface area (Å²) in [6.07, 6.45) is 0.220. The molecule has 2 aromatic rings. The molecule has 178 valence electrons. The Morgan fingerprint density at radius 1 is 1.09 bits per heavy atom. The number of morpholine rings is 1. The maximum Gasteiger partial charge on any atom is 0.251 e. The molecule has 0 bridgehead atoms. The molecule has 0 aliphatic carbocycles. The van der Waals surface area contributed by atoms with Crippen molar-refractivity contribution in [3.8, 4) is 11.5 Å². The van der Waals surface area contributed by atoms with Gasteiger partial charge in [-0.15, -0.1) is 0 Å². The summed E-state index contributed by atoms with van der Waals surface area (Å²) in [6.45, 7) is 5.64. The first-order chi connectivity index (χ1) is 15.7. The van der Waals surface area contributed by atoms with Crippen LogP contribution >= 0.6 is 11.6 Å². The van der Waals surface area contributed by atoms with Gasteiger partial charge in [-0.05, 0) is 62.2 Å². The third-order valence-corrected chi connectivity index (χ3v) is 7.62. The van der Waals surface area contributed by atoms with E-state index in [0.717, 1.165) is 5.56 Å². The molecule has 1 N–H and O–H groups in total. The molecule has 1 fully saturated rings. The van der Waals surface area contributed by atoms with E-state index in [0.29, 0.717) is 61.4 Å². The van der Waals surface area contributed by atoms with Crippen molar-refractivity contribution in [1.29, 1.82) is 0 Å². The Kier molecular flexibility index (Phi) is 7.13. The molecular weight excluding hydrogens is 468 g/mol. The molecule has 1 amide bonds. The maximum absolute atomic E-state index is 13.0. The van der Waals surface area contributed by atoms with Crippen LogP contribution < -0.4 is 14.8 Å². The Balaban J connectivity index is 1.35. The maximum atomic E-state index is 13.0. The van der Waals surface area contributed by atoms with Gasteiger partial charge in [0.2, 0.25) is 10.0 Å². The van der Waals surface area contributed by atoms with E-state index in [1.165, 1.54) is 28.6 Å². The number of amides is 1. The molecule has 0 aromatic heterocycles. The number of benzene rings is 2. The molecule has 2 aliphatic heterocycles. The number of ether oxygens (including phenoxy) is 3. The molecule has 8 nitrogen and oxygen atoms in total. The lowest BCUT2D eigenvalue weighted by Crippen LogP contribution is -2.48. The number of fused-ring (bicyclic) bond motifs is 1. The average molecular weight is 495 g/mol. The highest BCUT2D eigenvalue weighted by molar-refractivity contribution is 7.89. The largest absolute Gasteiger partial charge is 0.486 e. The van der Waals surface area contributed by atoms with Gasteiger partial charge >= 0.3 is 0 Å². The van der Waals surface area contributed by atoms with Crippen molar-refractivity contribution in [2.75, 3.05) is 32.8 Å². The molecule has 0 saturated carbocycles. The molecule has 2 aliphatic rings. The van der Waals surface area contributed by atoms with Crippen molar-refractivity contribution in [2.45, 2.75) is 37.4 Å². The van der Waals surface area contributed by atoms with Crippen LogP contribution in [-0.4, -0.2) is 63.7 Å². The van der Waals surface area contributed by atoms with Gasteiger partial charge in [-0.1, -0.05) is 11.6 Å². The number of hydrogen-bond acceptors (Lipinski definition) is 6. The second kappa shape index (κ2) is 9.89. The lowest BCUT2D eigenvalue weighted by Gasteiger charge is -2.34. The molecule has 1 saturated heterocycles.